The SMILES string of the molecule is O=C1c2ccccc2C(=O)N1CCCn1ccnc(N2CCN(Cc3cccc(-c4ccccc4)c3)CC2)c1=O. The fourth-order valence-electron chi connectivity index (χ4n) is 5.53. The second kappa shape index (κ2) is 11.3. The molecule has 0 radical (unpaired) electrons. The van der Waals surface area contributed by atoms with E-state index in [-0.39, 0.29) is 23.9 Å². The summed E-state index contributed by atoms with van der Waals surface area (Å²) in [6.07, 6.45) is 3.81. The molecule has 2 aliphatic rings. The maximum absolute atomic E-state index is 13.2. The Labute approximate surface area is 233 Å². The van der Waals surface area contributed by atoms with Gasteiger partial charge < -0.3 is 9.47 Å². The molecule has 4 aromatic rings. The van der Waals surface area contributed by atoms with Crippen molar-refractivity contribution in [3.05, 3.63) is 118 Å². The fourth-order valence-corrected chi connectivity index (χ4v) is 5.53. The molecule has 0 spiro atoms. The Kier molecular flexibility index (Phi) is 7.25. The predicted octanol–water partition coefficient (Wildman–Crippen LogP) is 3.92. The predicted molar refractivity (Wildman–Crippen MR) is 154 cm³/mol. The third kappa shape index (κ3) is 5.18. The van der Waals surface area contributed by atoms with Crippen LogP contribution < -0.4 is 10.5 Å². The Bertz CT molecular complexity index is 1560. The van der Waals surface area contributed by atoms with Gasteiger partial charge >= 0.3 is 0 Å². The molecule has 0 atom stereocenters. The molecule has 3 heterocycles. The third-order valence-electron chi connectivity index (χ3n) is 7.67. The van der Waals surface area contributed by atoms with Crippen molar-refractivity contribution < 1.29 is 9.59 Å². The van der Waals surface area contributed by atoms with Gasteiger partial charge in [-0.1, -0.05) is 60.7 Å². The highest BCUT2D eigenvalue weighted by atomic mass is 16.2. The van der Waals surface area contributed by atoms with Crippen molar-refractivity contribution in [3.8, 4) is 11.1 Å². The van der Waals surface area contributed by atoms with Crippen LogP contribution >= 0.6 is 0 Å². The molecule has 0 bridgehead atoms. The lowest BCUT2D eigenvalue weighted by atomic mass is 10.0. The number of rotatable bonds is 8. The van der Waals surface area contributed by atoms with Crippen LogP contribution in [-0.4, -0.2) is 63.9 Å². The monoisotopic (exact) mass is 533 g/mol. The number of anilines is 1. The number of aryl methyl sites for hydroxylation is 1. The summed E-state index contributed by atoms with van der Waals surface area (Å²) in [5.74, 6) is -0.0880. The highest BCUT2D eigenvalue weighted by molar-refractivity contribution is 6.21. The minimum absolute atomic E-state index is 0.145. The lowest BCUT2D eigenvalue weighted by Gasteiger charge is -2.35. The first-order valence-corrected chi connectivity index (χ1v) is 13.7. The minimum atomic E-state index is -0.270. The summed E-state index contributed by atoms with van der Waals surface area (Å²) in [7, 11) is 0. The molecule has 40 heavy (non-hydrogen) atoms. The summed E-state index contributed by atoms with van der Waals surface area (Å²) < 4.78 is 1.63. The van der Waals surface area contributed by atoms with Gasteiger partial charge in [0.25, 0.3) is 17.4 Å². The van der Waals surface area contributed by atoms with Crippen LogP contribution in [0.3, 0.4) is 0 Å². The van der Waals surface area contributed by atoms with E-state index >= 15 is 0 Å². The van der Waals surface area contributed by atoms with E-state index < -0.39 is 0 Å². The molecule has 8 heteroatoms. The van der Waals surface area contributed by atoms with Crippen molar-refractivity contribution >= 4 is 17.6 Å². The van der Waals surface area contributed by atoms with Crippen LogP contribution in [0.4, 0.5) is 5.82 Å². The van der Waals surface area contributed by atoms with E-state index in [1.807, 2.05) is 6.07 Å². The largest absolute Gasteiger partial charge is 0.349 e. The fraction of sp³-hybridized carbons (Fsp3) is 0.250. The summed E-state index contributed by atoms with van der Waals surface area (Å²) >= 11 is 0. The van der Waals surface area contributed by atoms with Gasteiger partial charge in [-0.3, -0.25) is 24.2 Å². The van der Waals surface area contributed by atoms with E-state index in [0.29, 0.717) is 29.9 Å². The van der Waals surface area contributed by atoms with Crippen LogP contribution in [0.5, 0.6) is 0 Å². The van der Waals surface area contributed by atoms with E-state index in [9.17, 15) is 14.4 Å². The number of hydrogen-bond acceptors (Lipinski definition) is 6. The van der Waals surface area contributed by atoms with Crippen molar-refractivity contribution in [3.63, 3.8) is 0 Å². The topological polar surface area (TPSA) is 78.8 Å². The molecule has 3 aromatic carbocycles. The standard InChI is InChI=1S/C32H31N5O3/c38-30-27-12-4-5-13-28(27)31(39)37(30)16-7-15-36-17-14-33-29(32(36)40)35-20-18-34(19-21-35)23-24-8-6-11-26(22-24)25-9-2-1-3-10-25/h1-6,8-14,17,22H,7,15-16,18-21,23H2. The zero-order valence-electron chi connectivity index (χ0n) is 22.3. The highest BCUT2D eigenvalue weighted by Crippen LogP contribution is 2.23. The summed E-state index contributed by atoms with van der Waals surface area (Å²) in [4.78, 5) is 48.6. The minimum Gasteiger partial charge on any atom is -0.349 e. The Balaban J connectivity index is 1.04. The van der Waals surface area contributed by atoms with E-state index in [2.05, 4.69) is 63.3 Å². The molecule has 0 saturated carbocycles. The van der Waals surface area contributed by atoms with Gasteiger partial charge in [0.2, 0.25) is 0 Å². The van der Waals surface area contributed by atoms with Crippen LogP contribution in [0.15, 0.2) is 96.1 Å². The number of imide groups is 1. The van der Waals surface area contributed by atoms with E-state index in [0.717, 1.165) is 32.7 Å². The van der Waals surface area contributed by atoms with Gasteiger partial charge in [-0.05, 0) is 41.3 Å². The maximum Gasteiger partial charge on any atom is 0.293 e. The van der Waals surface area contributed by atoms with Gasteiger partial charge in [0.05, 0.1) is 11.1 Å². The molecule has 1 fully saturated rings. The van der Waals surface area contributed by atoms with Crippen molar-refractivity contribution in [2.45, 2.75) is 19.5 Å². The normalized spacial score (nSPS) is 15.5. The molecule has 1 aromatic heterocycles. The first-order chi connectivity index (χ1) is 19.6. The number of amides is 2. The second-order valence-corrected chi connectivity index (χ2v) is 10.2. The Morgan fingerprint density at radius 2 is 1.38 bits per heavy atom. The van der Waals surface area contributed by atoms with Crippen LogP contribution in [0.2, 0.25) is 0 Å². The second-order valence-electron chi connectivity index (χ2n) is 10.2. The molecule has 2 aliphatic heterocycles. The molecule has 0 unspecified atom stereocenters. The van der Waals surface area contributed by atoms with Gasteiger partial charge in [0.1, 0.15) is 0 Å². The highest BCUT2D eigenvalue weighted by Gasteiger charge is 2.34. The van der Waals surface area contributed by atoms with Crippen molar-refractivity contribution in [1.82, 2.24) is 19.4 Å². The van der Waals surface area contributed by atoms with Crippen molar-refractivity contribution in [2.75, 3.05) is 37.6 Å². The van der Waals surface area contributed by atoms with Crippen LogP contribution in [0, 0.1) is 0 Å². The van der Waals surface area contributed by atoms with Crippen molar-refractivity contribution in [1.29, 1.82) is 0 Å². The van der Waals surface area contributed by atoms with Crippen LogP contribution in [0.25, 0.3) is 11.1 Å². The molecular formula is C32H31N5O3. The summed E-state index contributed by atoms with van der Waals surface area (Å²) in [6, 6.07) is 25.9. The number of nitrogens with zero attached hydrogens (tertiary/aromatic N) is 5. The Hall–Kier alpha value is -4.56. The maximum atomic E-state index is 13.2. The molecule has 6 rings (SSSR count). The molecule has 2 amide bonds. The number of hydrogen-bond donors (Lipinski definition) is 0. The third-order valence-corrected chi connectivity index (χ3v) is 7.67. The quantitative estimate of drug-likeness (QED) is 0.320. The van der Waals surface area contributed by atoms with Gasteiger partial charge in [-0.15, -0.1) is 0 Å². The Morgan fingerprint density at radius 3 is 2.10 bits per heavy atom. The number of piperazine rings is 1. The number of carbonyl (C=O) groups excluding carboxylic acids is 2. The van der Waals surface area contributed by atoms with Crippen LogP contribution in [0.1, 0.15) is 32.7 Å². The van der Waals surface area contributed by atoms with Crippen molar-refractivity contribution in [2.24, 2.45) is 0 Å². The number of benzene rings is 3. The van der Waals surface area contributed by atoms with Gasteiger partial charge in [-0.25, -0.2) is 4.98 Å². The van der Waals surface area contributed by atoms with E-state index in [4.69, 9.17) is 0 Å². The van der Waals surface area contributed by atoms with Crippen LogP contribution in [-0.2, 0) is 13.1 Å². The lowest BCUT2D eigenvalue weighted by molar-refractivity contribution is 0.0650. The van der Waals surface area contributed by atoms with E-state index in [1.165, 1.54) is 21.6 Å². The van der Waals surface area contributed by atoms with E-state index in [1.54, 1.807) is 41.2 Å². The summed E-state index contributed by atoms with van der Waals surface area (Å²) in [6.45, 7) is 4.65. The molecule has 0 aliphatic carbocycles. The molecule has 1 saturated heterocycles. The molecule has 0 N–H and O–H groups in total. The zero-order chi connectivity index (χ0) is 27.5. The smallest absolute Gasteiger partial charge is 0.293 e. The van der Waals surface area contributed by atoms with Gasteiger partial charge in [-0.2, -0.15) is 0 Å². The van der Waals surface area contributed by atoms with Gasteiger partial charge in [0, 0.05) is 58.2 Å². The number of aromatic nitrogens is 2. The van der Waals surface area contributed by atoms with Gasteiger partial charge in [0.15, 0.2) is 5.82 Å². The number of carbonyl (C=O) groups is 2. The number of fused-ring (bicyclic) bond motifs is 1. The average molecular weight is 534 g/mol. The molecule has 8 nitrogen and oxygen atoms in total. The first-order valence-electron chi connectivity index (χ1n) is 13.7. The summed E-state index contributed by atoms with van der Waals surface area (Å²) in [5, 5.41) is 0. The first kappa shape index (κ1) is 25.7. The average Bonchev–Trinajstić information content (AvgIpc) is 3.24. The lowest BCUT2D eigenvalue weighted by Crippen LogP contribution is -2.48. The molecular weight excluding hydrogens is 502 g/mol. The Morgan fingerprint density at radius 1 is 0.700 bits per heavy atom. The summed E-state index contributed by atoms with van der Waals surface area (Å²) in [5.41, 5.74) is 4.44. The molecule has 202 valence electrons. The zero-order valence-corrected chi connectivity index (χ0v) is 22.3.